The molecule has 124 valence electrons. The number of hydrogen-bond donors (Lipinski definition) is 0. The molecule has 0 aromatic heterocycles. The van der Waals surface area contributed by atoms with Gasteiger partial charge in [-0.05, 0) is 42.2 Å². The third-order valence-electron chi connectivity index (χ3n) is 4.03. The number of rotatable bonds is 4. The fourth-order valence-corrected chi connectivity index (χ4v) is 2.83. The molecule has 0 saturated heterocycles. The van der Waals surface area contributed by atoms with Crippen molar-refractivity contribution >= 4 is 17.6 Å². The zero-order chi connectivity index (χ0) is 16.9. The topological polar surface area (TPSA) is 46.6 Å². The van der Waals surface area contributed by atoms with Crippen LogP contribution in [0.1, 0.15) is 17.5 Å². The molecule has 1 aliphatic rings. The second-order valence-corrected chi connectivity index (χ2v) is 5.74. The van der Waals surface area contributed by atoms with Gasteiger partial charge in [0.25, 0.3) is 5.91 Å². The monoisotopic (exact) mass is 327 g/mol. The van der Waals surface area contributed by atoms with E-state index >= 15 is 0 Å². The number of esters is 1. The van der Waals surface area contributed by atoms with Crippen molar-refractivity contribution in [3.05, 3.63) is 65.5 Å². The Labute approximate surface area is 139 Å². The van der Waals surface area contributed by atoms with Gasteiger partial charge in [0.15, 0.2) is 6.61 Å². The molecule has 1 aliphatic heterocycles. The molecule has 0 saturated carbocycles. The molecule has 0 bridgehead atoms. The average molecular weight is 327 g/mol. The molecular formula is C19H18FNO3. The maximum atomic E-state index is 12.8. The SMILES string of the molecule is O=C(Cc1ccc(F)cc1)OCC(=O)N1CCCc2ccccc21. The van der Waals surface area contributed by atoms with Gasteiger partial charge in [0.2, 0.25) is 0 Å². The standard InChI is InChI=1S/C19H18FNO3/c20-16-9-7-14(8-10-16)12-19(23)24-13-18(22)21-11-3-5-15-4-1-2-6-17(15)21/h1-2,4,6-10H,3,5,11-13H2. The van der Waals surface area contributed by atoms with Crippen LogP contribution in [0.2, 0.25) is 0 Å². The van der Waals surface area contributed by atoms with Crippen molar-refractivity contribution in [1.29, 1.82) is 0 Å². The van der Waals surface area contributed by atoms with Gasteiger partial charge in [0.1, 0.15) is 5.82 Å². The molecule has 2 aromatic carbocycles. The van der Waals surface area contributed by atoms with Crippen LogP contribution in [0.3, 0.4) is 0 Å². The third-order valence-corrected chi connectivity index (χ3v) is 4.03. The molecule has 1 heterocycles. The van der Waals surface area contributed by atoms with Crippen LogP contribution in [0, 0.1) is 5.82 Å². The molecule has 3 rings (SSSR count). The van der Waals surface area contributed by atoms with Crippen molar-refractivity contribution in [2.45, 2.75) is 19.3 Å². The van der Waals surface area contributed by atoms with E-state index in [4.69, 9.17) is 4.74 Å². The van der Waals surface area contributed by atoms with Crippen molar-refractivity contribution < 1.29 is 18.7 Å². The minimum atomic E-state index is -0.500. The summed E-state index contributed by atoms with van der Waals surface area (Å²) in [7, 11) is 0. The highest BCUT2D eigenvalue weighted by Gasteiger charge is 2.22. The summed E-state index contributed by atoms with van der Waals surface area (Å²) in [4.78, 5) is 25.9. The van der Waals surface area contributed by atoms with Gasteiger partial charge in [0.05, 0.1) is 6.42 Å². The summed E-state index contributed by atoms with van der Waals surface area (Å²) in [5.41, 5.74) is 2.68. The maximum Gasteiger partial charge on any atom is 0.310 e. The summed E-state index contributed by atoms with van der Waals surface area (Å²) < 4.78 is 17.9. The molecule has 2 aromatic rings. The average Bonchev–Trinajstić information content (AvgIpc) is 2.61. The Bertz CT molecular complexity index is 743. The number of amides is 1. The third kappa shape index (κ3) is 3.79. The highest BCUT2D eigenvalue weighted by atomic mass is 19.1. The number of aryl methyl sites for hydroxylation is 1. The van der Waals surface area contributed by atoms with Crippen LogP contribution < -0.4 is 4.90 Å². The van der Waals surface area contributed by atoms with E-state index in [-0.39, 0.29) is 24.8 Å². The summed E-state index contributed by atoms with van der Waals surface area (Å²) in [6.07, 6.45) is 1.86. The summed E-state index contributed by atoms with van der Waals surface area (Å²) in [5.74, 6) is -1.08. The van der Waals surface area contributed by atoms with E-state index in [9.17, 15) is 14.0 Å². The zero-order valence-electron chi connectivity index (χ0n) is 13.2. The van der Waals surface area contributed by atoms with E-state index in [1.54, 1.807) is 4.90 Å². The summed E-state index contributed by atoms with van der Waals surface area (Å²) in [6, 6.07) is 13.4. The van der Waals surface area contributed by atoms with Gasteiger partial charge < -0.3 is 9.64 Å². The first-order valence-corrected chi connectivity index (χ1v) is 7.92. The highest BCUT2D eigenvalue weighted by Crippen LogP contribution is 2.26. The molecule has 0 atom stereocenters. The van der Waals surface area contributed by atoms with Gasteiger partial charge in [0, 0.05) is 12.2 Å². The van der Waals surface area contributed by atoms with Crippen LogP contribution in [0.25, 0.3) is 0 Å². The van der Waals surface area contributed by atoms with Crippen LogP contribution in [0.4, 0.5) is 10.1 Å². The smallest absolute Gasteiger partial charge is 0.310 e. The number of carbonyl (C=O) groups is 2. The van der Waals surface area contributed by atoms with Gasteiger partial charge in [-0.2, -0.15) is 0 Å². The number of para-hydroxylation sites is 1. The lowest BCUT2D eigenvalue weighted by Crippen LogP contribution is -2.38. The predicted octanol–water partition coefficient (Wildman–Crippen LogP) is 2.89. The van der Waals surface area contributed by atoms with Crippen molar-refractivity contribution in [1.82, 2.24) is 0 Å². The van der Waals surface area contributed by atoms with Crippen molar-refractivity contribution in [2.24, 2.45) is 0 Å². The molecular weight excluding hydrogens is 309 g/mol. The molecule has 4 nitrogen and oxygen atoms in total. The van der Waals surface area contributed by atoms with Crippen molar-refractivity contribution in [3.8, 4) is 0 Å². The number of hydrogen-bond acceptors (Lipinski definition) is 3. The normalized spacial score (nSPS) is 13.3. The van der Waals surface area contributed by atoms with E-state index < -0.39 is 5.97 Å². The van der Waals surface area contributed by atoms with Gasteiger partial charge >= 0.3 is 5.97 Å². The Kier molecular flexibility index (Phi) is 4.89. The van der Waals surface area contributed by atoms with Gasteiger partial charge in [-0.1, -0.05) is 30.3 Å². The molecule has 24 heavy (non-hydrogen) atoms. The lowest BCUT2D eigenvalue weighted by atomic mass is 10.0. The van der Waals surface area contributed by atoms with E-state index in [2.05, 4.69) is 0 Å². The Hall–Kier alpha value is -2.69. The van der Waals surface area contributed by atoms with Crippen LogP contribution >= 0.6 is 0 Å². The largest absolute Gasteiger partial charge is 0.455 e. The van der Waals surface area contributed by atoms with E-state index in [0.29, 0.717) is 12.1 Å². The quantitative estimate of drug-likeness (QED) is 0.811. The zero-order valence-corrected chi connectivity index (χ0v) is 13.2. The highest BCUT2D eigenvalue weighted by molar-refractivity contribution is 5.96. The second-order valence-electron chi connectivity index (χ2n) is 5.74. The Morgan fingerprint density at radius 3 is 2.62 bits per heavy atom. The van der Waals surface area contributed by atoms with E-state index in [1.807, 2.05) is 24.3 Å². The lowest BCUT2D eigenvalue weighted by Gasteiger charge is -2.29. The number of benzene rings is 2. The Morgan fingerprint density at radius 2 is 1.83 bits per heavy atom. The first-order chi connectivity index (χ1) is 11.6. The second kappa shape index (κ2) is 7.25. The fourth-order valence-electron chi connectivity index (χ4n) is 2.83. The summed E-state index contributed by atoms with van der Waals surface area (Å²) in [5, 5.41) is 0. The van der Waals surface area contributed by atoms with Crippen LogP contribution in [-0.4, -0.2) is 25.0 Å². The minimum absolute atomic E-state index is 0.0180. The van der Waals surface area contributed by atoms with Crippen LogP contribution in [0.15, 0.2) is 48.5 Å². The summed E-state index contributed by atoms with van der Waals surface area (Å²) in [6.45, 7) is 0.347. The molecule has 0 radical (unpaired) electrons. The predicted molar refractivity (Wildman–Crippen MR) is 88.2 cm³/mol. The van der Waals surface area contributed by atoms with Crippen molar-refractivity contribution in [3.63, 3.8) is 0 Å². The minimum Gasteiger partial charge on any atom is -0.455 e. The lowest BCUT2D eigenvalue weighted by molar-refractivity contribution is -0.147. The summed E-state index contributed by atoms with van der Waals surface area (Å²) >= 11 is 0. The number of halogens is 1. The van der Waals surface area contributed by atoms with Gasteiger partial charge in [-0.15, -0.1) is 0 Å². The van der Waals surface area contributed by atoms with E-state index in [1.165, 1.54) is 24.3 Å². The number of fused-ring (bicyclic) bond motifs is 1. The molecule has 0 spiro atoms. The number of anilines is 1. The fraction of sp³-hybridized carbons (Fsp3) is 0.263. The Morgan fingerprint density at radius 1 is 1.08 bits per heavy atom. The number of nitrogens with zero attached hydrogens (tertiary/aromatic N) is 1. The van der Waals surface area contributed by atoms with Crippen LogP contribution in [0.5, 0.6) is 0 Å². The molecule has 0 unspecified atom stereocenters. The first-order valence-electron chi connectivity index (χ1n) is 7.92. The maximum absolute atomic E-state index is 12.8. The van der Waals surface area contributed by atoms with E-state index in [0.717, 1.165) is 24.1 Å². The first kappa shape index (κ1) is 16.2. The molecule has 0 N–H and O–H groups in total. The van der Waals surface area contributed by atoms with Gasteiger partial charge in [-0.25, -0.2) is 4.39 Å². The Balaban J connectivity index is 1.56. The van der Waals surface area contributed by atoms with Crippen LogP contribution in [-0.2, 0) is 27.2 Å². The molecule has 0 aliphatic carbocycles. The van der Waals surface area contributed by atoms with Gasteiger partial charge in [-0.3, -0.25) is 9.59 Å². The molecule has 0 fully saturated rings. The number of ether oxygens (including phenoxy) is 1. The molecule has 5 heteroatoms. The van der Waals surface area contributed by atoms with Crippen molar-refractivity contribution in [2.75, 3.05) is 18.1 Å². The molecule has 1 amide bonds. The number of carbonyl (C=O) groups excluding carboxylic acids is 2.